The molecule has 0 aromatic rings. The van der Waals surface area contributed by atoms with Crippen LogP contribution in [0, 0.1) is 17.8 Å². The first kappa shape index (κ1) is 19.0. The van der Waals surface area contributed by atoms with E-state index in [2.05, 4.69) is 29.8 Å². The second-order valence-corrected chi connectivity index (χ2v) is 6.63. The molecular formula is C15H29ClN4O2. The van der Waals surface area contributed by atoms with Gasteiger partial charge in [-0.25, -0.2) is 4.79 Å². The number of hydrogen-bond acceptors (Lipinski definition) is 3. The fourth-order valence-corrected chi connectivity index (χ4v) is 2.66. The van der Waals surface area contributed by atoms with E-state index >= 15 is 0 Å². The summed E-state index contributed by atoms with van der Waals surface area (Å²) in [5.41, 5.74) is 0. The number of nitrogens with zero attached hydrogens (tertiary/aromatic N) is 1. The highest BCUT2D eigenvalue weighted by Crippen LogP contribution is 2.17. The van der Waals surface area contributed by atoms with E-state index in [1.165, 1.54) is 0 Å². The average Bonchev–Trinajstić information content (AvgIpc) is 2.43. The third-order valence-electron chi connectivity index (χ3n) is 4.17. The molecule has 128 valence electrons. The first-order valence-corrected chi connectivity index (χ1v) is 8.07. The van der Waals surface area contributed by atoms with E-state index in [4.69, 9.17) is 0 Å². The van der Waals surface area contributed by atoms with Crippen LogP contribution >= 0.6 is 12.4 Å². The van der Waals surface area contributed by atoms with Gasteiger partial charge in [0.25, 0.3) is 0 Å². The van der Waals surface area contributed by atoms with Crippen molar-refractivity contribution in [3.63, 3.8) is 0 Å². The predicted octanol–water partition coefficient (Wildman–Crippen LogP) is 0.821. The molecule has 0 spiro atoms. The van der Waals surface area contributed by atoms with E-state index in [9.17, 15) is 9.59 Å². The summed E-state index contributed by atoms with van der Waals surface area (Å²) in [5.74, 6) is 1.05. The molecule has 0 aromatic heterocycles. The maximum atomic E-state index is 12.2. The standard InChI is InChI=1S/C15H28N4O2.ClH/c1-11(2)6-18-15(21)19-5-3-4-13(10-19)14(20)17-9-12-7-16-8-12;/h11-13,16H,3-10H2,1-2H3,(H,17,20)(H,18,21);1H. The summed E-state index contributed by atoms with van der Waals surface area (Å²) in [6.07, 6.45) is 1.78. The normalized spacial score (nSPS) is 21.8. The van der Waals surface area contributed by atoms with Crippen molar-refractivity contribution >= 4 is 24.3 Å². The molecule has 3 amide bonds. The van der Waals surface area contributed by atoms with E-state index in [0.717, 1.165) is 39.0 Å². The zero-order chi connectivity index (χ0) is 15.2. The van der Waals surface area contributed by atoms with Gasteiger partial charge in [0.1, 0.15) is 0 Å². The third-order valence-corrected chi connectivity index (χ3v) is 4.17. The van der Waals surface area contributed by atoms with Gasteiger partial charge in [0.2, 0.25) is 5.91 Å². The van der Waals surface area contributed by atoms with Gasteiger partial charge in [0.05, 0.1) is 5.92 Å². The maximum Gasteiger partial charge on any atom is 0.317 e. The lowest BCUT2D eigenvalue weighted by atomic mass is 9.96. The molecule has 1 unspecified atom stereocenters. The van der Waals surface area contributed by atoms with Crippen LogP contribution in [0.15, 0.2) is 0 Å². The zero-order valence-corrected chi connectivity index (χ0v) is 14.4. The van der Waals surface area contributed by atoms with Gasteiger partial charge in [0.15, 0.2) is 0 Å². The Hall–Kier alpha value is -1.01. The van der Waals surface area contributed by atoms with Crippen LogP contribution in [0.2, 0.25) is 0 Å². The summed E-state index contributed by atoms with van der Waals surface area (Å²) in [7, 11) is 0. The molecule has 0 aliphatic carbocycles. The minimum Gasteiger partial charge on any atom is -0.355 e. The Labute approximate surface area is 139 Å². The summed E-state index contributed by atoms with van der Waals surface area (Å²) in [6, 6.07) is -0.0376. The Morgan fingerprint density at radius 2 is 2.00 bits per heavy atom. The third kappa shape index (κ3) is 5.65. The van der Waals surface area contributed by atoms with E-state index in [-0.39, 0.29) is 30.3 Å². The highest BCUT2D eigenvalue weighted by atomic mass is 35.5. The van der Waals surface area contributed by atoms with Gasteiger partial charge in [-0.15, -0.1) is 12.4 Å². The van der Waals surface area contributed by atoms with E-state index in [0.29, 0.717) is 24.9 Å². The lowest BCUT2D eigenvalue weighted by molar-refractivity contribution is -0.126. The first-order valence-electron chi connectivity index (χ1n) is 8.07. The number of carbonyl (C=O) groups excluding carboxylic acids is 2. The molecule has 0 radical (unpaired) electrons. The number of halogens is 1. The van der Waals surface area contributed by atoms with Gasteiger partial charge in [-0.05, 0) is 18.8 Å². The molecule has 3 N–H and O–H groups in total. The molecule has 0 saturated carbocycles. The Morgan fingerprint density at radius 3 is 2.59 bits per heavy atom. The van der Waals surface area contributed by atoms with Crippen LogP contribution < -0.4 is 16.0 Å². The first-order chi connectivity index (χ1) is 10.1. The van der Waals surface area contributed by atoms with Gasteiger partial charge in [-0.1, -0.05) is 13.8 Å². The second kappa shape index (κ2) is 9.20. The minimum absolute atomic E-state index is 0. The van der Waals surface area contributed by atoms with Crippen molar-refractivity contribution in [1.82, 2.24) is 20.9 Å². The number of carbonyl (C=O) groups is 2. The summed E-state index contributed by atoms with van der Waals surface area (Å²) in [5, 5.41) is 9.15. The monoisotopic (exact) mass is 332 g/mol. The van der Waals surface area contributed by atoms with E-state index in [1.54, 1.807) is 4.90 Å². The van der Waals surface area contributed by atoms with Crippen LogP contribution in [0.4, 0.5) is 4.79 Å². The molecule has 7 heteroatoms. The van der Waals surface area contributed by atoms with Gasteiger partial charge in [-0.3, -0.25) is 4.79 Å². The molecule has 2 aliphatic heterocycles. The molecule has 2 aliphatic rings. The summed E-state index contributed by atoms with van der Waals surface area (Å²) >= 11 is 0. The number of urea groups is 1. The number of nitrogens with one attached hydrogen (secondary N) is 3. The quantitative estimate of drug-likeness (QED) is 0.698. The summed E-state index contributed by atoms with van der Waals surface area (Å²) < 4.78 is 0. The second-order valence-electron chi connectivity index (χ2n) is 6.63. The molecule has 2 rings (SSSR count). The van der Waals surface area contributed by atoms with Gasteiger partial charge >= 0.3 is 6.03 Å². The fraction of sp³-hybridized carbons (Fsp3) is 0.867. The van der Waals surface area contributed by atoms with Crippen molar-refractivity contribution in [2.24, 2.45) is 17.8 Å². The highest BCUT2D eigenvalue weighted by Gasteiger charge is 2.29. The number of rotatable bonds is 5. The molecule has 0 aromatic carbocycles. The molecule has 6 nitrogen and oxygen atoms in total. The molecule has 1 atom stereocenters. The lowest BCUT2D eigenvalue weighted by Gasteiger charge is -2.33. The molecule has 22 heavy (non-hydrogen) atoms. The summed E-state index contributed by atoms with van der Waals surface area (Å²) in [6.45, 7) is 8.86. The molecule has 2 heterocycles. The van der Waals surface area contributed by atoms with Gasteiger partial charge in [-0.2, -0.15) is 0 Å². The summed E-state index contributed by atoms with van der Waals surface area (Å²) in [4.78, 5) is 26.0. The SMILES string of the molecule is CC(C)CNC(=O)N1CCCC(C(=O)NCC2CNC2)C1.Cl. The van der Waals surface area contributed by atoms with Crippen LogP contribution in [0.25, 0.3) is 0 Å². The maximum absolute atomic E-state index is 12.2. The largest absolute Gasteiger partial charge is 0.355 e. The molecular weight excluding hydrogens is 304 g/mol. The molecule has 2 saturated heterocycles. The van der Waals surface area contributed by atoms with Crippen LogP contribution in [0.3, 0.4) is 0 Å². The van der Waals surface area contributed by atoms with E-state index < -0.39 is 0 Å². The van der Waals surface area contributed by atoms with Crippen molar-refractivity contribution in [3.8, 4) is 0 Å². The Balaban J connectivity index is 0.00000242. The van der Waals surface area contributed by atoms with Crippen molar-refractivity contribution in [2.45, 2.75) is 26.7 Å². The predicted molar refractivity (Wildman–Crippen MR) is 89.2 cm³/mol. The van der Waals surface area contributed by atoms with Crippen molar-refractivity contribution < 1.29 is 9.59 Å². The average molecular weight is 333 g/mol. The van der Waals surface area contributed by atoms with Crippen LogP contribution in [0.1, 0.15) is 26.7 Å². The Kier molecular flexibility index (Phi) is 7.96. The lowest BCUT2D eigenvalue weighted by Crippen LogP contribution is -2.52. The van der Waals surface area contributed by atoms with Crippen LogP contribution in [0.5, 0.6) is 0 Å². The van der Waals surface area contributed by atoms with Crippen molar-refractivity contribution in [3.05, 3.63) is 0 Å². The zero-order valence-electron chi connectivity index (χ0n) is 13.6. The van der Waals surface area contributed by atoms with Crippen LogP contribution in [-0.2, 0) is 4.79 Å². The van der Waals surface area contributed by atoms with E-state index in [1.807, 2.05) is 0 Å². The number of piperidine rings is 1. The van der Waals surface area contributed by atoms with Gasteiger partial charge in [0, 0.05) is 45.2 Å². The smallest absolute Gasteiger partial charge is 0.317 e. The number of likely N-dealkylation sites (tertiary alicyclic amines) is 1. The van der Waals surface area contributed by atoms with Gasteiger partial charge < -0.3 is 20.9 Å². The van der Waals surface area contributed by atoms with Crippen molar-refractivity contribution in [2.75, 3.05) is 39.3 Å². The topological polar surface area (TPSA) is 73.5 Å². The Bertz CT molecular complexity index is 375. The molecule has 2 fully saturated rings. The minimum atomic E-state index is -0.0587. The van der Waals surface area contributed by atoms with Crippen LogP contribution in [-0.4, -0.2) is 56.1 Å². The molecule has 0 bridgehead atoms. The Morgan fingerprint density at radius 1 is 1.27 bits per heavy atom. The van der Waals surface area contributed by atoms with Crippen molar-refractivity contribution in [1.29, 1.82) is 0 Å². The fourth-order valence-electron chi connectivity index (χ4n) is 2.66. The number of hydrogen-bond donors (Lipinski definition) is 3. The highest BCUT2D eigenvalue weighted by molar-refractivity contribution is 5.85. The number of amides is 3.